The van der Waals surface area contributed by atoms with Crippen molar-refractivity contribution in [2.75, 3.05) is 5.32 Å². The minimum atomic E-state index is -0.198. The van der Waals surface area contributed by atoms with Crippen LogP contribution in [0.4, 0.5) is 5.69 Å². The van der Waals surface area contributed by atoms with Crippen molar-refractivity contribution >= 4 is 11.6 Å². The predicted molar refractivity (Wildman–Crippen MR) is 99.9 cm³/mol. The van der Waals surface area contributed by atoms with Crippen LogP contribution in [0, 0.1) is 0 Å². The molecule has 134 valence electrons. The van der Waals surface area contributed by atoms with E-state index >= 15 is 0 Å². The highest BCUT2D eigenvalue weighted by atomic mass is 16.3. The molecule has 0 saturated carbocycles. The first-order valence-corrected chi connectivity index (χ1v) is 8.66. The van der Waals surface area contributed by atoms with Gasteiger partial charge < -0.3 is 9.73 Å². The van der Waals surface area contributed by atoms with Gasteiger partial charge in [-0.1, -0.05) is 19.1 Å². The Hall–Kier alpha value is -3.15. The number of furan rings is 1. The quantitative estimate of drug-likeness (QED) is 0.707. The zero-order chi connectivity index (χ0) is 18.4. The Balaban J connectivity index is 1.54. The lowest BCUT2D eigenvalue weighted by Gasteiger charge is -2.07. The van der Waals surface area contributed by atoms with Crippen molar-refractivity contribution in [3.05, 3.63) is 70.7 Å². The predicted octanol–water partition coefficient (Wildman–Crippen LogP) is 3.48. The van der Waals surface area contributed by atoms with Gasteiger partial charge in [0, 0.05) is 24.7 Å². The van der Waals surface area contributed by atoms with Crippen LogP contribution in [0.25, 0.3) is 11.5 Å². The van der Waals surface area contributed by atoms with E-state index in [9.17, 15) is 9.59 Å². The number of rotatable bonds is 7. The summed E-state index contributed by atoms with van der Waals surface area (Å²) in [5.41, 5.74) is 2.40. The van der Waals surface area contributed by atoms with Gasteiger partial charge >= 0.3 is 0 Å². The molecule has 26 heavy (non-hydrogen) atoms. The third-order valence-electron chi connectivity index (χ3n) is 4.06. The molecule has 0 aliphatic rings. The van der Waals surface area contributed by atoms with E-state index in [1.165, 1.54) is 16.3 Å². The van der Waals surface area contributed by atoms with Crippen LogP contribution in [-0.4, -0.2) is 15.7 Å². The summed E-state index contributed by atoms with van der Waals surface area (Å²) in [5, 5.41) is 7.16. The largest absolute Gasteiger partial charge is 0.463 e. The van der Waals surface area contributed by atoms with E-state index in [2.05, 4.69) is 17.3 Å². The number of carbonyl (C=O) groups excluding carboxylic acids is 1. The van der Waals surface area contributed by atoms with Crippen LogP contribution >= 0.6 is 0 Å². The molecular formula is C20H21N3O3. The van der Waals surface area contributed by atoms with Gasteiger partial charge in [-0.3, -0.25) is 9.59 Å². The highest BCUT2D eigenvalue weighted by molar-refractivity contribution is 5.90. The molecule has 0 saturated heterocycles. The molecule has 1 amide bonds. The lowest BCUT2D eigenvalue weighted by molar-refractivity contribution is -0.116. The lowest BCUT2D eigenvalue weighted by Crippen LogP contribution is -2.23. The average molecular weight is 351 g/mol. The fraction of sp³-hybridized carbons (Fsp3) is 0.250. The van der Waals surface area contributed by atoms with Crippen LogP contribution in [-0.2, 0) is 17.8 Å². The van der Waals surface area contributed by atoms with Gasteiger partial charge in [0.15, 0.2) is 5.76 Å². The summed E-state index contributed by atoms with van der Waals surface area (Å²) >= 11 is 0. The van der Waals surface area contributed by atoms with E-state index in [0.717, 1.165) is 12.1 Å². The SMILES string of the molecule is CCc1ccc(NC(=O)CCCn2nc(-c3ccco3)ccc2=O)cc1. The maximum Gasteiger partial charge on any atom is 0.266 e. The fourth-order valence-electron chi connectivity index (χ4n) is 2.60. The molecule has 0 fully saturated rings. The number of hydrogen-bond acceptors (Lipinski definition) is 4. The van der Waals surface area contributed by atoms with Crippen LogP contribution in [0.15, 0.2) is 64.0 Å². The van der Waals surface area contributed by atoms with Crippen LogP contribution in [0.1, 0.15) is 25.3 Å². The van der Waals surface area contributed by atoms with Crippen molar-refractivity contribution in [2.45, 2.75) is 32.7 Å². The Morgan fingerprint density at radius 2 is 1.96 bits per heavy atom. The Morgan fingerprint density at radius 1 is 1.15 bits per heavy atom. The van der Waals surface area contributed by atoms with E-state index in [0.29, 0.717) is 30.8 Å². The summed E-state index contributed by atoms with van der Waals surface area (Å²) < 4.78 is 6.66. The summed E-state index contributed by atoms with van der Waals surface area (Å²) in [4.78, 5) is 24.0. The summed E-state index contributed by atoms with van der Waals surface area (Å²) in [7, 11) is 0. The molecule has 0 unspecified atom stereocenters. The van der Waals surface area contributed by atoms with Gasteiger partial charge in [0.05, 0.1) is 6.26 Å². The second-order valence-corrected chi connectivity index (χ2v) is 5.96. The molecule has 1 N–H and O–H groups in total. The normalized spacial score (nSPS) is 10.7. The molecule has 0 aliphatic heterocycles. The highest BCUT2D eigenvalue weighted by Crippen LogP contribution is 2.15. The summed E-state index contributed by atoms with van der Waals surface area (Å²) in [6, 6.07) is 14.4. The second-order valence-electron chi connectivity index (χ2n) is 5.96. The van der Waals surface area contributed by atoms with Gasteiger partial charge in [0.1, 0.15) is 5.69 Å². The van der Waals surface area contributed by atoms with Crippen molar-refractivity contribution in [2.24, 2.45) is 0 Å². The number of aryl methyl sites for hydroxylation is 2. The van der Waals surface area contributed by atoms with E-state index in [1.807, 2.05) is 24.3 Å². The topological polar surface area (TPSA) is 77.1 Å². The first-order valence-electron chi connectivity index (χ1n) is 8.66. The number of nitrogens with one attached hydrogen (secondary N) is 1. The number of anilines is 1. The molecule has 2 aromatic heterocycles. The molecule has 0 radical (unpaired) electrons. The summed E-state index contributed by atoms with van der Waals surface area (Å²) in [6.45, 7) is 2.46. The van der Waals surface area contributed by atoms with Crippen LogP contribution in [0.2, 0.25) is 0 Å². The zero-order valence-electron chi connectivity index (χ0n) is 14.6. The molecule has 1 aromatic carbocycles. The van der Waals surface area contributed by atoms with Crippen LogP contribution in [0.3, 0.4) is 0 Å². The Kier molecular flexibility index (Phi) is 5.63. The Labute approximate surface area is 151 Å². The molecule has 0 atom stereocenters. The van der Waals surface area contributed by atoms with E-state index in [4.69, 9.17) is 4.42 Å². The lowest BCUT2D eigenvalue weighted by atomic mass is 10.1. The van der Waals surface area contributed by atoms with Gasteiger partial charge in [-0.25, -0.2) is 4.68 Å². The fourth-order valence-corrected chi connectivity index (χ4v) is 2.60. The number of nitrogens with zero attached hydrogens (tertiary/aromatic N) is 2. The van der Waals surface area contributed by atoms with Crippen molar-refractivity contribution in [3.63, 3.8) is 0 Å². The van der Waals surface area contributed by atoms with E-state index < -0.39 is 0 Å². The summed E-state index contributed by atoms with van der Waals surface area (Å²) in [6.07, 6.45) is 3.36. The van der Waals surface area contributed by atoms with Gasteiger partial charge in [-0.2, -0.15) is 5.10 Å². The molecule has 6 heteroatoms. The third-order valence-corrected chi connectivity index (χ3v) is 4.06. The molecule has 0 bridgehead atoms. The zero-order valence-corrected chi connectivity index (χ0v) is 14.6. The number of aromatic nitrogens is 2. The van der Waals surface area contributed by atoms with E-state index in [1.54, 1.807) is 24.5 Å². The van der Waals surface area contributed by atoms with Gasteiger partial charge in [0.2, 0.25) is 5.91 Å². The van der Waals surface area contributed by atoms with Crippen molar-refractivity contribution in [1.29, 1.82) is 0 Å². The number of amides is 1. The first kappa shape index (κ1) is 17.7. The smallest absolute Gasteiger partial charge is 0.266 e. The Morgan fingerprint density at radius 3 is 2.65 bits per heavy atom. The molecule has 2 heterocycles. The van der Waals surface area contributed by atoms with E-state index in [-0.39, 0.29) is 11.5 Å². The number of hydrogen-bond donors (Lipinski definition) is 1. The minimum Gasteiger partial charge on any atom is -0.463 e. The van der Waals surface area contributed by atoms with Gasteiger partial charge in [-0.05, 0) is 48.7 Å². The summed E-state index contributed by atoms with van der Waals surface area (Å²) in [5.74, 6) is 0.525. The Bertz CT molecular complexity index is 912. The van der Waals surface area contributed by atoms with Crippen molar-refractivity contribution in [3.8, 4) is 11.5 Å². The minimum absolute atomic E-state index is 0.0792. The van der Waals surface area contributed by atoms with Crippen LogP contribution in [0.5, 0.6) is 0 Å². The number of benzene rings is 1. The van der Waals surface area contributed by atoms with Gasteiger partial charge in [0.25, 0.3) is 5.56 Å². The maximum atomic E-state index is 12.1. The third kappa shape index (κ3) is 4.47. The molecule has 0 aliphatic carbocycles. The maximum absolute atomic E-state index is 12.1. The molecule has 0 spiro atoms. The highest BCUT2D eigenvalue weighted by Gasteiger charge is 2.07. The standard InChI is InChI=1S/C20H21N3O3/c1-2-15-7-9-16(10-8-15)21-19(24)6-3-13-23-20(25)12-11-17(22-23)18-5-4-14-26-18/h4-5,7-12,14H,2-3,6,13H2,1H3,(H,21,24). The molecular weight excluding hydrogens is 330 g/mol. The number of carbonyl (C=O) groups is 1. The molecule has 3 rings (SSSR count). The molecule has 3 aromatic rings. The first-order chi connectivity index (χ1) is 12.7. The van der Waals surface area contributed by atoms with Crippen molar-refractivity contribution in [1.82, 2.24) is 9.78 Å². The molecule has 6 nitrogen and oxygen atoms in total. The average Bonchev–Trinajstić information content (AvgIpc) is 3.18. The van der Waals surface area contributed by atoms with Crippen molar-refractivity contribution < 1.29 is 9.21 Å². The second kappa shape index (κ2) is 8.29. The van der Waals surface area contributed by atoms with Crippen LogP contribution < -0.4 is 10.9 Å². The monoisotopic (exact) mass is 351 g/mol. The van der Waals surface area contributed by atoms with Gasteiger partial charge in [-0.15, -0.1) is 0 Å².